The van der Waals surface area contributed by atoms with Crippen LogP contribution in [-0.4, -0.2) is 23.7 Å². The summed E-state index contributed by atoms with van der Waals surface area (Å²) < 4.78 is 17.9. The van der Waals surface area contributed by atoms with Crippen molar-refractivity contribution >= 4 is 11.1 Å². The number of halogens is 1. The minimum Gasteiger partial charge on any atom is -0.507 e. The van der Waals surface area contributed by atoms with Crippen molar-refractivity contribution < 1.29 is 13.9 Å². The Balaban J connectivity index is 2.49. The molecule has 2 aromatic heterocycles. The standard InChI is InChI=1S/C10H11FN2O2/c1-12-3-2-6-5-15-10-9(6)7(14)4-8(11)13-10/h4-5,12H,2-3H2,1H3,(H,13,14). The molecule has 4 nitrogen and oxygen atoms in total. The minimum absolute atomic E-state index is 0.127. The number of nitrogens with one attached hydrogen (secondary N) is 1. The highest BCUT2D eigenvalue weighted by molar-refractivity contribution is 5.84. The molecule has 5 heteroatoms. The van der Waals surface area contributed by atoms with Crippen LogP contribution in [0.2, 0.25) is 0 Å². The van der Waals surface area contributed by atoms with Crippen LogP contribution in [0, 0.1) is 5.95 Å². The summed E-state index contributed by atoms with van der Waals surface area (Å²) in [5.41, 5.74) is 0.961. The summed E-state index contributed by atoms with van der Waals surface area (Å²) in [5.74, 6) is -0.869. The molecule has 0 atom stereocenters. The van der Waals surface area contributed by atoms with Crippen molar-refractivity contribution in [2.75, 3.05) is 13.6 Å². The summed E-state index contributed by atoms with van der Waals surface area (Å²) in [7, 11) is 1.83. The van der Waals surface area contributed by atoms with E-state index in [0.29, 0.717) is 11.8 Å². The van der Waals surface area contributed by atoms with Crippen LogP contribution in [0.25, 0.3) is 11.1 Å². The SMILES string of the molecule is CNCCc1coc2nc(F)cc(O)c12. The first kappa shape index (κ1) is 9.92. The zero-order chi connectivity index (χ0) is 10.8. The molecule has 15 heavy (non-hydrogen) atoms. The van der Waals surface area contributed by atoms with E-state index in [1.807, 2.05) is 7.05 Å². The summed E-state index contributed by atoms with van der Waals surface area (Å²) >= 11 is 0. The van der Waals surface area contributed by atoms with E-state index in [9.17, 15) is 9.50 Å². The first-order chi connectivity index (χ1) is 7.22. The molecule has 0 saturated carbocycles. The Labute approximate surface area is 85.7 Å². The lowest BCUT2D eigenvalue weighted by molar-refractivity contribution is 0.469. The predicted molar refractivity (Wildman–Crippen MR) is 53.3 cm³/mol. The fourth-order valence-corrected chi connectivity index (χ4v) is 1.50. The van der Waals surface area contributed by atoms with Gasteiger partial charge >= 0.3 is 0 Å². The predicted octanol–water partition coefficient (Wildman–Crippen LogP) is 1.43. The van der Waals surface area contributed by atoms with Gasteiger partial charge in [0, 0.05) is 11.6 Å². The quantitative estimate of drug-likeness (QED) is 0.752. The van der Waals surface area contributed by atoms with Gasteiger partial charge in [0.05, 0.1) is 11.6 Å². The van der Waals surface area contributed by atoms with Crippen molar-refractivity contribution in [2.24, 2.45) is 0 Å². The molecule has 80 valence electrons. The molecule has 2 rings (SSSR count). The molecule has 0 amide bonds. The lowest BCUT2D eigenvalue weighted by Gasteiger charge is -1.99. The van der Waals surface area contributed by atoms with Crippen LogP contribution in [0.1, 0.15) is 5.56 Å². The molecular formula is C10H11FN2O2. The molecular weight excluding hydrogens is 199 g/mol. The average Bonchev–Trinajstić information content (AvgIpc) is 2.58. The molecule has 0 aliphatic carbocycles. The maximum atomic E-state index is 12.8. The van der Waals surface area contributed by atoms with E-state index >= 15 is 0 Å². The third-order valence-electron chi connectivity index (χ3n) is 2.21. The molecule has 0 fully saturated rings. The fraction of sp³-hybridized carbons (Fsp3) is 0.300. The van der Waals surface area contributed by atoms with Gasteiger partial charge in [0.25, 0.3) is 0 Å². The summed E-state index contributed by atoms with van der Waals surface area (Å²) in [4.78, 5) is 3.55. The smallest absolute Gasteiger partial charge is 0.232 e. The summed E-state index contributed by atoms with van der Waals surface area (Å²) in [6.07, 6.45) is 2.19. The summed E-state index contributed by atoms with van der Waals surface area (Å²) in [5, 5.41) is 13.0. The van der Waals surface area contributed by atoms with Gasteiger partial charge in [0.2, 0.25) is 11.7 Å². The Hall–Kier alpha value is -1.62. The van der Waals surface area contributed by atoms with Crippen molar-refractivity contribution in [3.05, 3.63) is 23.8 Å². The lowest BCUT2D eigenvalue weighted by atomic mass is 10.1. The zero-order valence-corrected chi connectivity index (χ0v) is 8.25. The van der Waals surface area contributed by atoms with Gasteiger partial charge in [-0.15, -0.1) is 0 Å². The van der Waals surface area contributed by atoms with E-state index in [4.69, 9.17) is 4.42 Å². The van der Waals surface area contributed by atoms with Crippen LogP contribution in [0.15, 0.2) is 16.7 Å². The number of furan rings is 1. The van der Waals surface area contributed by atoms with Crippen molar-refractivity contribution in [2.45, 2.75) is 6.42 Å². The Morgan fingerprint density at radius 3 is 3.13 bits per heavy atom. The number of aromatic hydroxyl groups is 1. The van der Waals surface area contributed by atoms with Gasteiger partial charge < -0.3 is 14.8 Å². The molecule has 0 radical (unpaired) electrons. The maximum Gasteiger partial charge on any atom is 0.232 e. The van der Waals surface area contributed by atoms with Gasteiger partial charge in [-0.05, 0) is 20.0 Å². The van der Waals surface area contributed by atoms with Crippen molar-refractivity contribution in [1.82, 2.24) is 10.3 Å². The molecule has 2 heterocycles. The zero-order valence-electron chi connectivity index (χ0n) is 8.25. The van der Waals surface area contributed by atoms with E-state index in [2.05, 4.69) is 10.3 Å². The highest BCUT2D eigenvalue weighted by Gasteiger charge is 2.12. The van der Waals surface area contributed by atoms with E-state index < -0.39 is 5.95 Å². The van der Waals surface area contributed by atoms with E-state index in [1.165, 1.54) is 6.26 Å². The third kappa shape index (κ3) is 1.78. The number of nitrogens with zero attached hydrogens (tertiary/aromatic N) is 1. The van der Waals surface area contributed by atoms with Crippen LogP contribution >= 0.6 is 0 Å². The largest absolute Gasteiger partial charge is 0.507 e. The minimum atomic E-state index is -0.741. The number of rotatable bonds is 3. The first-order valence-corrected chi connectivity index (χ1v) is 4.62. The normalized spacial score (nSPS) is 11.1. The lowest BCUT2D eigenvalue weighted by Crippen LogP contribution is -2.09. The molecule has 0 aliphatic heterocycles. The van der Waals surface area contributed by atoms with Crippen molar-refractivity contribution in [1.29, 1.82) is 0 Å². The molecule has 0 aromatic carbocycles. The van der Waals surface area contributed by atoms with Crippen LogP contribution in [-0.2, 0) is 6.42 Å². The van der Waals surface area contributed by atoms with Gasteiger partial charge in [0.1, 0.15) is 5.75 Å². The fourth-order valence-electron chi connectivity index (χ4n) is 1.50. The topological polar surface area (TPSA) is 58.3 Å². The van der Waals surface area contributed by atoms with E-state index in [-0.39, 0.29) is 11.5 Å². The third-order valence-corrected chi connectivity index (χ3v) is 2.21. The second-order valence-electron chi connectivity index (χ2n) is 3.26. The van der Waals surface area contributed by atoms with Crippen molar-refractivity contribution in [3.63, 3.8) is 0 Å². The number of hydrogen-bond donors (Lipinski definition) is 2. The summed E-state index contributed by atoms with van der Waals surface area (Å²) in [6.45, 7) is 0.755. The number of pyridine rings is 1. The monoisotopic (exact) mass is 210 g/mol. The van der Waals surface area contributed by atoms with E-state index in [1.54, 1.807) is 0 Å². The Bertz CT molecular complexity index is 481. The highest BCUT2D eigenvalue weighted by atomic mass is 19.1. The second kappa shape index (κ2) is 3.86. The first-order valence-electron chi connectivity index (χ1n) is 4.62. The summed E-state index contributed by atoms with van der Waals surface area (Å²) in [6, 6.07) is 0.987. The van der Waals surface area contributed by atoms with Gasteiger partial charge in [0.15, 0.2) is 0 Å². The molecule has 0 aliphatic rings. The molecule has 0 bridgehead atoms. The van der Waals surface area contributed by atoms with Crippen molar-refractivity contribution in [3.8, 4) is 5.75 Å². The van der Waals surface area contributed by atoms with Crippen LogP contribution < -0.4 is 5.32 Å². The molecule has 0 saturated heterocycles. The Morgan fingerprint density at radius 2 is 2.40 bits per heavy atom. The molecule has 0 unspecified atom stereocenters. The number of likely N-dealkylation sites (N-methyl/N-ethyl adjacent to an activating group) is 1. The maximum absolute atomic E-state index is 12.8. The van der Waals surface area contributed by atoms with Crippen LogP contribution in [0.5, 0.6) is 5.75 Å². The molecule has 0 spiro atoms. The van der Waals surface area contributed by atoms with Crippen LogP contribution in [0.3, 0.4) is 0 Å². The average molecular weight is 210 g/mol. The number of fused-ring (bicyclic) bond motifs is 1. The van der Waals surface area contributed by atoms with E-state index in [0.717, 1.165) is 18.2 Å². The molecule has 2 aromatic rings. The van der Waals surface area contributed by atoms with Gasteiger partial charge in [-0.25, -0.2) is 0 Å². The number of aromatic nitrogens is 1. The van der Waals surface area contributed by atoms with Gasteiger partial charge in [-0.2, -0.15) is 9.37 Å². The Morgan fingerprint density at radius 1 is 1.60 bits per heavy atom. The highest BCUT2D eigenvalue weighted by Crippen LogP contribution is 2.29. The number of hydrogen-bond acceptors (Lipinski definition) is 4. The van der Waals surface area contributed by atoms with Gasteiger partial charge in [-0.1, -0.05) is 0 Å². The van der Waals surface area contributed by atoms with Crippen LogP contribution in [0.4, 0.5) is 4.39 Å². The second-order valence-corrected chi connectivity index (χ2v) is 3.26. The Kier molecular flexibility index (Phi) is 2.55. The molecule has 2 N–H and O–H groups in total. The van der Waals surface area contributed by atoms with Gasteiger partial charge in [-0.3, -0.25) is 0 Å².